The van der Waals surface area contributed by atoms with Crippen LogP contribution in [-0.4, -0.2) is 42.4 Å². The van der Waals surface area contributed by atoms with E-state index < -0.39 is 6.10 Å². The maximum absolute atomic E-state index is 11.6. The summed E-state index contributed by atoms with van der Waals surface area (Å²) in [7, 11) is 0. The molecule has 5 heteroatoms. The number of carbonyl (C=O) groups is 1. The van der Waals surface area contributed by atoms with Gasteiger partial charge >= 0.3 is 0 Å². The number of benzene rings is 1. The van der Waals surface area contributed by atoms with Crippen LogP contribution in [-0.2, 0) is 4.79 Å². The molecule has 1 atom stereocenters. The molecule has 5 nitrogen and oxygen atoms in total. The van der Waals surface area contributed by atoms with Crippen LogP contribution in [0.1, 0.15) is 26.3 Å². The van der Waals surface area contributed by atoms with E-state index in [1.165, 1.54) is 0 Å². The van der Waals surface area contributed by atoms with Gasteiger partial charge in [0.15, 0.2) is 0 Å². The monoisotopic (exact) mass is 294 g/mol. The lowest BCUT2D eigenvalue weighted by Gasteiger charge is -2.21. The van der Waals surface area contributed by atoms with Gasteiger partial charge in [-0.25, -0.2) is 0 Å². The summed E-state index contributed by atoms with van der Waals surface area (Å²) in [5, 5.41) is 15.5. The summed E-state index contributed by atoms with van der Waals surface area (Å²) < 4.78 is 5.47. The number of carbonyl (C=O) groups excluding carboxylic acids is 1. The van der Waals surface area contributed by atoms with Gasteiger partial charge in [0.2, 0.25) is 5.91 Å². The molecule has 1 unspecified atom stereocenters. The minimum Gasteiger partial charge on any atom is -0.491 e. The molecule has 21 heavy (non-hydrogen) atoms. The van der Waals surface area contributed by atoms with Gasteiger partial charge in [-0.1, -0.05) is 17.7 Å². The van der Waals surface area contributed by atoms with E-state index in [1.807, 2.05) is 52.0 Å². The highest BCUT2D eigenvalue weighted by Crippen LogP contribution is 2.11. The van der Waals surface area contributed by atoms with Crippen LogP contribution in [0.3, 0.4) is 0 Å². The Morgan fingerprint density at radius 2 is 1.90 bits per heavy atom. The zero-order valence-electron chi connectivity index (χ0n) is 13.3. The molecule has 0 saturated carbocycles. The summed E-state index contributed by atoms with van der Waals surface area (Å²) in [6.07, 6.45) is -0.659. The number of aliphatic hydroxyl groups is 1. The topological polar surface area (TPSA) is 70.6 Å². The number of nitrogens with one attached hydrogen (secondary N) is 2. The third-order valence-corrected chi connectivity index (χ3v) is 2.64. The van der Waals surface area contributed by atoms with E-state index in [0.29, 0.717) is 6.54 Å². The minimum atomic E-state index is -0.659. The second kappa shape index (κ2) is 8.00. The Balaban J connectivity index is 2.18. The fraction of sp³-hybridized carbons (Fsp3) is 0.562. The van der Waals surface area contributed by atoms with Crippen molar-refractivity contribution in [1.29, 1.82) is 0 Å². The molecule has 3 N–H and O–H groups in total. The first-order chi connectivity index (χ1) is 9.76. The van der Waals surface area contributed by atoms with E-state index in [4.69, 9.17) is 4.74 Å². The van der Waals surface area contributed by atoms with E-state index in [-0.39, 0.29) is 24.6 Å². The van der Waals surface area contributed by atoms with Gasteiger partial charge in [0.1, 0.15) is 18.5 Å². The molecule has 0 saturated heterocycles. The van der Waals surface area contributed by atoms with Crippen LogP contribution < -0.4 is 15.4 Å². The Labute approximate surface area is 126 Å². The van der Waals surface area contributed by atoms with Crippen LogP contribution in [0.5, 0.6) is 5.75 Å². The molecule has 0 aliphatic carbocycles. The summed E-state index contributed by atoms with van der Waals surface area (Å²) in [6.45, 7) is 8.46. The average molecular weight is 294 g/mol. The number of aliphatic hydroxyl groups excluding tert-OH is 1. The van der Waals surface area contributed by atoms with Crippen molar-refractivity contribution in [3.05, 3.63) is 29.8 Å². The molecule has 118 valence electrons. The van der Waals surface area contributed by atoms with Crippen molar-refractivity contribution in [1.82, 2.24) is 10.6 Å². The van der Waals surface area contributed by atoms with E-state index in [1.54, 1.807) is 0 Å². The smallest absolute Gasteiger partial charge is 0.234 e. The van der Waals surface area contributed by atoms with Gasteiger partial charge in [-0.15, -0.1) is 0 Å². The second-order valence-electron chi connectivity index (χ2n) is 6.21. The number of amides is 1. The van der Waals surface area contributed by atoms with Crippen molar-refractivity contribution in [2.45, 2.75) is 39.3 Å². The predicted octanol–water partition coefficient (Wildman–Crippen LogP) is 1.24. The first-order valence-corrected chi connectivity index (χ1v) is 7.15. The second-order valence-corrected chi connectivity index (χ2v) is 6.21. The molecule has 0 bridgehead atoms. The molecule has 0 aliphatic heterocycles. The van der Waals surface area contributed by atoms with Gasteiger partial charge in [-0.3, -0.25) is 4.79 Å². The lowest BCUT2D eigenvalue weighted by molar-refractivity contribution is -0.121. The van der Waals surface area contributed by atoms with E-state index in [0.717, 1.165) is 11.3 Å². The molecule has 0 radical (unpaired) electrons. The maximum atomic E-state index is 11.6. The summed E-state index contributed by atoms with van der Waals surface area (Å²) in [4.78, 5) is 11.6. The van der Waals surface area contributed by atoms with Crippen molar-refractivity contribution < 1.29 is 14.6 Å². The van der Waals surface area contributed by atoms with Crippen molar-refractivity contribution in [2.75, 3.05) is 19.7 Å². The van der Waals surface area contributed by atoms with E-state index >= 15 is 0 Å². The molecule has 1 amide bonds. The zero-order valence-corrected chi connectivity index (χ0v) is 13.3. The maximum Gasteiger partial charge on any atom is 0.234 e. The predicted molar refractivity (Wildman–Crippen MR) is 83.4 cm³/mol. The average Bonchev–Trinajstić information content (AvgIpc) is 2.36. The number of aryl methyl sites for hydroxylation is 1. The van der Waals surface area contributed by atoms with Crippen molar-refractivity contribution in [3.63, 3.8) is 0 Å². The number of hydrogen-bond donors (Lipinski definition) is 3. The first-order valence-electron chi connectivity index (χ1n) is 7.15. The van der Waals surface area contributed by atoms with Gasteiger partial charge in [0, 0.05) is 12.1 Å². The number of rotatable bonds is 7. The molecule has 0 aromatic heterocycles. The van der Waals surface area contributed by atoms with Crippen molar-refractivity contribution in [2.24, 2.45) is 0 Å². The normalized spacial score (nSPS) is 12.8. The van der Waals surface area contributed by atoms with Gasteiger partial charge < -0.3 is 20.5 Å². The van der Waals surface area contributed by atoms with Crippen LogP contribution in [0.15, 0.2) is 24.3 Å². The van der Waals surface area contributed by atoms with E-state index in [2.05, 4.69) is 10.6 Å². The summed E-state index contributed by atoms with van der Waals surface area (Å²) in [5.74, 6) is 0.638. The fourth-order valence-corrected chi connectivity index (χ4v) is 1.70. The zero-order chi connectivity index (χ0) is 15.9. The van der Waals surface area contributed by atoms with Gasteiger partial charge in [0.05, 0.1) is 6.54 Å². The highest BCUT2D eigenvalue weighted by Gasteiger charge is 2.13. The Morgan fingerprint density at radius 1 is 1.29 bits per heavy atom. The molecule has 0 aliphatic rings. The highest BCUT2D eigenvalue weighted by molar-refractivity contribution is 5.78. The Morgan fingerprint density at radius 3 is 2.48 bits per heavy atom. The Hall–Kier alpha value is -1.59. The van der Waals surface area contributed by atoms with Crippen LogP contribution in [0, 0.1) is 6.92 Å². The highest BCUT2D eigenvalue weighted by atomic mass is 16.5. The molecule has 1 aromatic rings. The third-order valence-electron chi connectivity index (χ3n) is 2.64. The van der Waals surface area contributed by atoms with Crippen LogP contribution in [0.4, 0.5) is 0 Å². The van der Waals surface area contributed by atoms with Gasteiger partial charge in [0.25, 0.3) is 0 Å². The SMILES string of the molecule is Cc1ccc(OCC(O)CNCC(=O)NC(C)(C)C)cc1. The summed E-state index contributed by atoms with van der Waals surface area (Å²) >= 11 is 0. The lowest BCUT2D eigenvalue weighted by atomic mass is 10.1. The molecule has 0 heterocycles. The first kappa shape index (κ1) is 17.5. The van der Waals surface area contributed by atoms with Gasteiger partial charge in [-0.05, 0) is 39.8 Å². The summed E-state index contributed by atoms with van der Waals surface area (Å²) in [5.41, 5.74) is 0.917. The van der Waals surface area contributed by atoms with Crippen molar-refractivity contribution >= 4 is 5.91 Å². The van der Waals surface area contributed by atoms with Crippen molar-refractivity contribution in [3.8, 4) is 5.75 Å². The molecule has 1 aromatic carbocycles. The number of ether oxygens (including phenoxy) is 1. The quantitative estimate of drug-likeness (QED) is 0.707. The molecule has 1 rings (SSSR count). The standard InChI is InChI=1S/C16H26N2O3/c1-12-5-7-14(8-6-12)21-11-13(19)9-17-10-15(20)18-16(2,3)4/h5-8,13,17,19H,9-11H2,1-4H3,(H,18,20). The molecular formula is C16H26N2O3. The largest absolute Gasteiger partial charge is 0.491 e. The molecule has 0 spiro atoms. The summed E-state index contributed by atoms with van der Waals surface area (Å²) in [6, 6.07) is 7.64. The Kier molecular flexibility index (Phi) is 6.65. The minimum absolute atomic E-state index is 0.0887. The molecular weight excluding hydrogens is 268 g/mol. The van der Waals surface area contributed by atoms with Crippen LogP contribution >= 0.6 is 0 Å². The number of hydrogen-bond acceptors (Lipinski definition) is 4. The van der Waals surface area contributed by atoms with E-state index in [9.17, 15) is 9.90 Å². The lowest BCUT2D eigenvalue weighted by Crippen LogP contribution is -2.46. The third kappa shape index (κ3) is 8.32. The Bertz CT molecular complexity index is 438. The van der Waals surface area contributed by atoms with Crippen LogP contribution in [0.2, 0.25) is 0 Å². The van der Waals surface area contributed by atoms with Crippen LogP contribution in [0.25, 0.3) is 0 Å². The fourth-order valence-electron chi connectivity index (χ4n) is 1.70. The van der Waals surface area contributed by atoms with Gasteiger partial charge in [-0.2, -0.15) is 0 Å². The molecule has 0 fully saturated rings.